The van der Waals surface area contributed by atoms with Gasteiger partial charge in [-0.05, 0) is 0 Å². The monoisotopic (exact) mass is 272 g/mol. The highest BCUT2D eigenvalue weighted by Gasteiger charge is 0.759. The summed E-state index contributed by atoms with van der Waals surface area (Å²) in [5.41, 5.74) is 0. The van der Waals surface area contributed by atoms with Gasteiger partial charge >= 0.3 is 0 Å². The molecule has 0 aliphatic rings. The molecule has 16 nitrogen and oxygen atoms in total. The molecule has 0 saturated carbocycles. The summed E-state index contributed by atoms with van der Waals surface area (Å²) in [6, 6.07) is 0. The van der Waals surface area contributed by atoms with Gasteiger partial charge in [0.2, 0.25) is 0 Å². The number of rotatable bonds is 0. The lowest BCUT2D eigenvalue weighted by molar-refractivity contribution is -0.176. The molecule has 0 aliphatic heterocycles. The lowest BCUT2D eigenvalue weighted by Crippen LogP contribution is -1.29. The van der Waals surface area contributed by atoms with Gasteiger partial charge in [0.05, 0.1) is 0 Å². The van der Waals surface area contributed by atoms with E-state index in [1.54, 1.807) is 0 Å². The standard InChI is InChI=1S/8H2O2/c8*1-2/h8*1-2H. The van der Waals surface area contributed by atoms with Crippen LogP contribution in [0.2, 0.25) is 0 Å². The van der Waals surface area contributed by atoms with E-state index in [2.05, 4.69) is 0 Å². The Morgan fingerprint density at radius 1 is 0.125 bits per heavy atom. The maximum absolute atomic E-state index is 6.00. The summed E-state index contributed by atoms with van der Waals surface area (Å²) in [6.07, 6.45) is 0. The van der Waals surface area contributed by atoms with Gasteiger partial charge in [0.1, 0.15) is 0 Å². The summed E-state index contributed by atoms with van der Waals surface area (Å²) in [6.45, 7) is 0. The average Bonchev–Trinajstić information content (AvgIpc) is 2.54. The summed E-state index contributed by atoms with van der Waals surface area (Å²) >= 11 is 0. The molecule has 0 aromatic heterocycles. The summed E-state index contributed by atoms with van der Waals surface area (Å²) < 4.78 is 0. The molecule has 0 spiro atoms. The topological polar surface area (TPSA) is 324 Å². The van der Waals surface area contributed by atoms with Crippen molar-refractivity contribution < 1.29 is 84.1 Å². The van der Waals surface area contributed by atoms with Crippen molar-refractivity contribution in [2.24, 2.45) is 0 Å². The summed E-state index contributed by atoms with van der Waals surface area (Å²) in [5, 5.41) is 96.0. The van der Waals surface area contributed by atoms with Crippen molar-refractivity contribution in [2.75, 3.05) is 0 Å². The van der Waals surface area contributed by atoms with E-state index in [9.17, 15) is 0 Å². The normalized spacial score (nSPS) is 3.00. The Balaban J connectivity index is -0.00000000762. The van der Waals surface area contributed by atoms with Crippen LogP contribution in [0.25, 0.3) is 0 Å². The van der Waals surface area contributed by atoms with Crippen molar-refractivity contribution in [3.63, 3.8) is 0 Å². The fourth-order valence-corrected chi connectivity index (χ4v) is 0. The first-order valence-electron chi connectivity index (χ1n) is 1.60. The molecule has 16 N–H and O–H groups in total. The Morgan fingerprint density at radius 2 is 0.125 bits per heavy atom. The lowest BCUT2D eigenvalue weighted by Gasteiger charge is -1.25. The first kappa shape index (κ1) is 58.5. The Morgan fingerprint density at radius 3 is 0.125 bits per heavy atom. The molecule has 112 valence electrons. The first-order chi connectivity index (χ1) is 8.00. The van der Waals surface area contributed by atoms with E-state index in [1.807, 2.05) is 0 Å². The van der Waals surface area contributed by atoms with Gasteiger partial charge in [0.15, 0.2) is 0 Å². The minimum atomic E-state index is 6.00. The van der Waals surface area contributed by atoms with Crippen LogP contribution in [0.1, 0.15) is 0 Å². The van der Waals surface area contributed by atoms with E-state index >= 15 is 0 Å². The molecular formula is H16O16. The molecule has 0 aromatic rings. The lowest BCUT2D eigenvalue weighted by atomic mass is 15.0. The largest absolute Gasteiger partial charge is 0.255 e. The van der Waals surface area contributed by atoms with Crippen LogP contribution in [0.4, 0.5) is 0 Å². The van der Waals surface area contributed by atoms with Crippen molar-refractivity contribution in [1.82, 2.24) is 0 Å². The molecule has 0 aliphatic carbocycles. The molecule has 0 rings (SSSR count). The van der Waals surface area contributed by atoms with E-state index in [4.69, 9.17) is 84.1 Å². The van der Waals surface area contributed by atoms with E-state index in [0.29, 0.717) is 0 Å². The average molecular weight is 272 g/mol. The van der Waals surface area contributed by atoms with Gasteiger partial charge in [-0.15, -0.1) is 0 Å². The summed E-state index contributed by atoms with van der Waals surface area (Å²) in [7, 11) is 0. The van der Waals surface area contributed by atoms with Crippen molar-refractivity contribution in [1.29, 1.82) is 0 Å². The quantitative estimate of drug-likeness (QED) is 0.205. The van der Waals surface area contributed by atoms with Crippen LogP contribution in [-0.4, -0.2) is 84.1 Å². The zero-order chi connectivity index (χ0) is 16.0. The minimum Gasteiger partial charge on any atom is -0.255 e. The van der Waals surface area contributed by atoms with Crippen molar-refractivity contribution in [2.45, 2.75) is 0 Å². The van der Waals surface area contributed by atoms with Crippen molar-refractivity contribution >= 4 is 0 Å². The highest BCUT2D eigenvalue weighted by Crippen LogP contribution is 0.725. The maximum Gasteiger partial charge on any atom is -0.255 e. The van der Waals surface area contributed by atoms with Crippen molar-refractivity contribution in [3.05, 3.63) is 0 Å². The van der Waals surface area contributed by atoms with Crippen LogP contribution < -0.4 is 0 Å². The second kappa shape index (κ2) is 6260. The van der Waals surface area contributed by atoms with Crippen LogP contribution >= 0.6 is 0 Å². The molecule has 0 atom stereocenters. The molecule has 0 saturated heterocycles. The summed E-state index contributed by atoms with van der Waals surface area (Å²) in [4.78, 5) is 0. The van der Waals surface area contributed by atoms with Gasteiger partial charge in [0.25, 0.3) is 0 Å². The van der Waals surface area contributed by atoms with E-state index < -0.39 is 0 Å². The molecule has 16 heteroatoms. The molecule has 0 unspecified atom stereocenters. The van der Waals surface area contributed by atoms with Crippen LogP contribution in [0.3, 0.4) is 0 Å². The SMILES string of the molecule is OO.OO.OO.OO.OO.OO.OO.OO. The maximum atomic E-state index is 6.00. The molecular weight excluding hydrogens is 256 g/mol. The molecule has 0 bridgehead atoms. The van der Waals surface area contributed by atoms with E-state index in [-0.39, 0.29) is 0 Å². The Kier molecular flexibility index (Phi) is 22900. The molecule has 0 aromatic carbocycles. The van der Waals surface area contributed by atoms with E-state index in [0.717, 1.165) is 0 Å². The number of hydrogen-bond acceptors (Lipinski definition) is 16. The second-order valence-corrected chi connectivity index (χ2v) is 0. The Hall–Kier alpha value is -0.640. The van der Waals surface area contributed by atoms with Gasteiger partial charge < -0.3 is 0 Å². The van der Waals surface area contributed by atoms with Gasteiger partial charge in [-0.2, -0.15) is 0 Å². The smallest absolute Gasteiger partial charge is 0.255 e. The predicted octanol–water partition coefficient (Wildman–Crippen LogP) is 0.139. The molecule has 0 fully saturated rings. The second-order valence-electron chi connectivity index (χ2n) is 0. The summed E-state index contributed by atoms with van der Waals surface area (Å²) in [5.74, 6) is 0. The predicted molar refractivity (Wildman–Crippen MR) is 42.1 cm³/mol. The van der Waals surface area contributed by atoms with Crippen LogP contribution in [0.5, 0.6) is 0 Å². The third kappa shape index (κ3) is 4980. The highest BCUT2D eigenvalue weighted by atomic mass is 17.0. The molecule has 0 heterocycles. The third-order valence-electron chi connectivity index (χ3n) is 0. The van der Waals surface area contributed by atoms with E-state index in [1.165, 1.54) is 0 Å². The van der Waals surface area contributed by atoms with Crippen LogP contribution in [0.15, 0.2) is 0 Å². The molecule has 0 amide bonds. The van der Waals surface area contributed by atoms with Crippen LogP contribution in [0, 0.1) is 0 Å². The molecule has 0 radical (unpaired) electrons. The fraction of sp³-hybridized carbons (Fsp3) is 0. The third-order valence-corrected chi connectivity index (χ3v) is 0. The number of hydrogen-bond donors (Lipinski definition) is 16. The minimum absolute atomic E-state index is 6.00. The highest BCUT2D eigenvalue weighted by molar-refractivity contribution is 1.84. The fourth-order valence-electron chi connectivity index (χ4n) is 0. The Bertz CT molecular complexity index is 0. The van der Waals surface area contributed by atoms with Gasteiger partial charge in [-0.3, -0.25) is 84.1 Å². The van der Waals surface area contributed by atoms with Gasteiger partial charge in [-0.1, -0.05) is 0 Å². The van der Waals surface area contributed by atoms with Gasteiger partial charge in [0, 0.05) is 0 Å². The zero-order valence-corrected chi connectivity index (χ0v) is 7.16. The van der Waals surface area contributed by atoms with Gasteiger partial charge in [-0.25, -0.2) is 0 Å². The molecule has 16 heavy (non-hydrogen) atoms. The zero-order valence-electron chi connectivity index (χ0n) is 7.16. The Labute approximate surface area is 85.6 Å². The van der Waals surface area contributed by atoms with Crippen LogP contribution in [-0.2, 0) is 0 Å². The van der Waals surface area contributed by atoms with Crippen molar-refractivity contribution in [3.8, 4) is 0 Å². The first-order valence-corrected chi connectivity index (χ1v) is 1.60.